The Bertz CT molecular complexity index is 376. The van der Waals surface area contributed by atoms with Crippen molar-refractivity contribution in [2.45, 2.75) is 45.4 Å². The zero-order valence-corrected chi connectivity index (χ0v) is 11.7. The highest BCUT2D eigenvalue weighted by molar-refractivity contribution is 9.10. The number of hydrogen-bond donors (Lipinski definition) is 0. The highest BCUT2D eigenvalue weighted by atomic mass is 79.9. The van der Waals surface area contributed by atoms with Crippen molar-refractivity contribution in [2.75, 3.05) is 0 Å². The van der Waals surface area contributed by atoms with Gasteiger partial charge in [-0.3, -0.25) is 4.79 Å². The maximum absolute atomic E-state index is 13.4. The highest BCUT2D eigenvalue weighted by Gasteiger charge is 2.11. The van der Waals surface area contributed by atoms with E-state index in [1.807, 2.05) is 0 Å². The molecule has 0 fully saturated rings. The van der Waals surface area contributed by atoms with Gasteiger partial charge in [0.1, 0.15) is 5.82 Å². The number of carbonyl (C=O) groups is 1. The molecule has 1 aromatic rings. The topological polar surface area (TPSA) is 17.1 Å². The second-order valence-electron chi connectivity index (χ2n) is 4.21. The van der Waals surface area contributed by atoms with E-state index in [-0.39, 0.29) is 11.3 Å². The first kappa shape index (κ1) is 14.4. The third kappa shape index (κ3) is 4.99. The van der Waals surface area contributed by atoms with Crippen LogP contribution in [-0.4, -0.2) is 5.78 Å². The summed E-state index contributed by atoms with van der Waals surface area (Å²) in [4.78, 5) is 11.8. The summed E-state index contributed by atoms with van der Waals surface area (Å²) >= 11 is 3.25. The van der Waals surface area contributed by atoms with Crippen LogP contribution in [0.15, 0.2) is 22.7 Å². The van der Waals surface area contributed by atoms with Crippen molar-refractivity contribution in [2.24, 2.45) is 0 Å². The van der Waals surface area contributed by atoms with Gasteiger partial charge < -0.3 is 0 Å². The molecule has 0 amide bonds. The monoisotopic (exact) mass is 300 g/mol. The van der Waals surface area contributed by atoms with E-state index in [0.717, 1.165) is 23.7 Å². The average molecular weight is 301 g/mol. The molecule has 3 heteroatoms. The van der Waals surface area contributed by atoms with Gasteiger partial charge in [-0.1, -0.05) is 48.5 Å². The molecule has 0 aliphatic carbocycles. The van der Waals surface area contributed by atoms with Crippen LogP contribution >= 0.6 is 15.9 Å². The zero-order valence-electron chi connectivity index (χ0n) is 10.1. The van der Waals surface area contributed by atoms with E-state index in [2.05, 4.69) is 22.9 Å². The standard InChI is InChI=1S/C14H18BrFO/c1-2-3-4-5-6-7-14(17)12-10-11(15)8-9-13(12)16/h8-10H,2-7H2,1H3. The van der Waals surface area contributed by atoms with Crippen LogP contribution in [0.3, 0.4) is 0 Å². The van der Waals surface area contributed by atoms with Crippen LogP contribution in [0.5, 0.6) is 0 Å². The number of unbranched alkanes of at least 4 members (excludes halogenated alkanes) is 4. The van der Waals surface area contributed by atoms with Gasteiger partial charge in [0, 0.05) is 10.9 Å². The van der Waals surface area contributed by atoms with Gasteiger partial charge in [-0.05, 0) is 24.6 Å². The van der Waals surface area contributed by atoms with Crippen molar-refractivity contribution in [1.82, 2.24) is 0 Å². The molecule has 0 aliphatic heterocycles. The van der Waals surface area contributed by atoms with Gasteiger partial charge in [0.05, 0.1) is 5.56 Å². The van der Waals surface area contributed by atoms with E-state index in [9.17, 15) is 9.18 Å². The molecule has 0 saturated heterocycles. The van der Waals surface area contributed by atoms with Crippen molar-refractivity contribution < 1.29 is 9.18 Å². The number of hydrogen-bond acceptors (Lipinski definition) is 1. The Balaban J connectivity index is 2.44. The van der Waals surface area contributed by atoms with Gasteiger partial charge in [0.25, 0.3) is 0 Å². The first-order chi connectivity index (χ1) is 8.15. The van der Waals surface area contributed by atoms with Crippen LogP contribution < -0.4 is 0 Å². The van der Waals surface area contributed by atoms with E-state index in [1.165, 1.54) is 18.9 Å². The lowest BCUT2D eigenvalue weighted by molar-refractivity contribution is 0.0975. The van der Waals surface area contributed by atoms with Crippen LogP contribution in [0.1, 0.15) is 55.8 Å². The number of halogens is 2. The molecule has 0 aliphatic rings. The molecule has 0 saturated carbocycles. The molecule has 0 radical (unpaired) electrons. The third-order valence-corrected chi connectivity index (χ3v) is 3.23. The fourth-order valence-corrected chi connectivity index (χ4v) is 2.10. The van der Waals surface area contributed by atoms with E-state index < -0.39 is 5.82 Å². The number of Topliss-reactive ketones (excluding diaryl/α,β-unsaturated/α-hetero) is 1. The van der Waals surface area contributed by atoms with Gasteiger partial charge in [0.2, 0.25) is 0 Å². The first-order valence-electron chi connectivity index (χ1n) is 6.13. The summed E-state index contributed by atoms with van der Waals surface area (Å²) in [6.07, 6.45) is 5.90. The Morgan fingerprint density at radius 1 is 1.24 bits per heavy atom. The Morgan fingerprint density at radius 3 is 2.65 bits per heavy atom. The second kappa shape index (κ2) is 7.59. The molecule has 1 rings (SSSR count). The zero-order chi connectivity index (χ0) is 12.7. The molecule has 0 spiro atoms. The number of ketones is 1. The van der Waals surface area contributed by atoms with Crippen LogP contribution in [0.2, 0.25) is 0 Å². The Labute approximate surface area is 111 Å². The van der Waals surface area contributed by atoms with Gasteiger partial charge in [-0.2, -0.15) is 0 Å². The predicted octanol–water partition coefficient (Wildman–Crippen LogP) is 5.13. The highest BCUT2D eigenvalue weighted by Crippen LogP contribution is 2.18. The van der Waals surface area contributed by atoms with Crippen LogP contribution in [0.4, 0.5) is 4.39 Å². The summed E-state index contributed by atoms with van der Waals surface area (Å²) in [6.45, 7) is 2.15. The van der Waals surface area contributed by atoms with E-state index >= 15 is 0 Å². The maximum atomic E-state index is 13.4. The summed E-state index contributed by atoms with van der Waals surface area (Å²) < 4.78 is 14.2. The lowest BCUT2D eigenvalue weighted by atomic mass is 10.0. The molecule has 1 nitrogen and oxygen atoms in total. The molecular weight excluding hydrogens is 283 g/mol. The van der Waals surface area contributed by atoms with Gasteiger partial charge >= 0.3 is 0 Å². The van der Waals surface area contributed by atoms with Crippen molar-refractivity contribution in [3.63, 3.8) is 0 Å². The number of benzene rings is 1. The van der Waals surface area contributed by atoms with Crippen LogP contribution in [0, 0.1) is 5.82 Å². The maximum Gasteiger partial charge on any atom is 0.165 e. The van der Waals surface area contributed by atoms with Crippen LogP contribution in [0.25, 0.3) is 0 Å². The fraction of sp³-hybridized carbons (Fsp3) is 0.500. The summed E-state index contributed by atoms with van der Waals surface area (Å²) in [5, 5.41) is 0. The Morgan fingerprint density at radius 2 is 1.94 bits per heavy atom. The SMILES string of the molecule is CCCCCCCC(=O)c1cc(Br)ccc1F. The van der Waals surface area contributed by atoms with Gasteiger partial charge in [-0.15, -0.1) is 0 Å². The van der Waals surface area contributed by atoms with Crippen molar-refractivity contribution in [3.05, 3.63) is 34.1 Å². The van der Waals surface area contributed by atoms with Gasteiger partial charge in [-0.25, -0.2) is 4.39 Å². The molecule has 1 aromatic carbocycles. The average Bonchev–Trinajstić information content (AvgIpc) is 2.32. The largest absolute Gasteiger partial charge is 0.294 e. The summed E-state index contributed by atoms with van der Waals surface area (Å²) in [6, 6.07) is 4.49. The van der Waals surface area contributed by atoms with Crippen molar-refractivity contribution >= 4 is 21.7 Å². The summed E-state index contributed by atoms with van der Waals surface area (Å²) in [5.41, 5.74) is 0.204. The summed E-state index contributed by atoms with van der Waals surface area (Å²) in [7, 11) is 0. The molecule has 94 valence electrons. The van der Waals surface area contributed by atoms with E-state index in [0.29, 0.717) is 6.42 Å². The van der Waals surface area contributed by atoms with Crippen LogP contribution in [-0.2, 0) is 0 Å². The van der Waals surface area contributed by atoms with Crippen molar-refractivity contribution in [1.29, 1.82) is 0 Å². The molecule has 0 atom stereocenters. The minimum Gasteiger partial charge on any atom is -0.294 e. The van der Waals surface area contributed by atoms with E-state index in [1.54, 1.807) is 12.1 Å². The quantitative estimate of drug-likeness (QED) is 0.504. The lowest BCUT2D eigenvalue weighted by Crippen LogP contribution is -2.02. The van der Waals surface area contributed by atoms with Crippen molar-refractivity contribution in [3.8, 4) is 0 Å². The lowest BCUT2D eigenvalue weighted by Gasteiger charge is -2.03. The molecule has 0 N–H and O–H groups in total. The van der Waals surface area contributed by atoms with E-state index in [4.69, 9.17) is 0 Å². The summed E-state index contributed by atoms with van der Waals surface area (Å²) in [5.74, 6) is -0.521. The molecule has 0 bridgehead atoms. The van der Waals surface area contributed by atoms with Gasteiger partial charge in [0.15, 0.2) is 5.78 Å². The number of carbonyl (C=O) groups excluding carboxylic acids is 1. The molecule has 17 heavy (non-hydrogen) atoms. The first-order valence-corrected chi connectivity index (χ1v) is 6.92. The Hall–Kier alpha value is -0.700. The third-order valence-electron chi connectivity index (χ3n) is 2.74. The number of rotatable bonds is 7. The molecular formula is C14H18BrFO. The Kier molecular flexibility index (Phi) is 6.41. The minimum atomic E-state index is -0.424. The fourth-order valence-electron chi connectivity index (χ4n) is 1.73. The smallest absolute Gasteiger partial charge is 0.165 e. The predicted molar refractivity (Wildman–Crippen MR) is 71.8 cm³/mol. The molecule has 0 unspecified atom stereocenters. The molecule has 0 aromatic heterocycles. The minimum absolute atomic E-state index is 0.0969. The molecule has 0 heterocycles. The second-order valence-corrected chi connectivity index (χ2v) is 5.13. The normalized spacial score (nSPS) is 10.5.